The molecule has 1 saturated heterocycles. The standard InChI is InChI=1S/C14H19NO3S/c1-10(2)15-13(16)12(14(15,3)4)19(17,18)11-8-6-5-7-9-11/h5-10,12H,1-4H3. The average Bonchev–Trinajstić information content (AvgIpc) is 2.27. The maximum atomic E-state index is 12.6. The van der Waals surface area contributed by atoms with E-state index in [1.54, 1.807) is 36.9 Å². The summed E-state index contributed by atoms with van der Waals surface area (Å²) >= 11 is 0. The van der Waals surface area contributed by atoms with Gasteiger partial charge in [-0.1, -0.05) is 18.2 Å². The molecule has 1 unspecified atom stereocenters. The maximum Gasteiger partial charge on any atom is 0.244 e. The van der Waals surface area contributed by atoms with Crippen molar-refractivity contribution in [1.82, 2.24) is 4.90 Å². The second-order valence-electron chi connectivity index (χ2n) is 5.69. The van der Waals surface area contributed by atoms with Gasteiger partial charge in [-0.2, -0.15) is 0 Å². The van der Waals surface area contributed by atoms with E-state index < -0.39 is 20.6 Å². The molecule has 2 rings (SSSR count). The quantitative estimate of drug-likeness (QED) is 0.795. The van der Waals surface area contributed by atoms with Crippen molar-refractivity contribution in [2.24, 2.45) is 0 Å². The lowest BCUT2D eigenvalue weighted by molar-refractivity contribution is -0.155. The predicted molar refractivity (Wildman–Crippen MR) is 73.5 cm³/mol. The van der Waals surface area contributed by atoms with Crippen LogP contribution in [0.1, 0.15) is 27.7 Å². The fourth-order valence-corrected chi connectivity index (χ4v) is 5.01. The third-order valence-electron chi connectivity index (χ3n) is 3.62. The molecule has 0 aromatic heterocycles. The van der Waals surface area contributed by atoms with Gasteiger partial charge in [-0.3, -0.25) is 4.79 Å². The number of rotatable bonds is 3. The number of likely N-dealkylation sites (tertiary alicyclic amines) is 1. The van der Waals surface area contributed by atoms with Gasteiger partial charge in [0, 0.05) is 6.04 Å². The van der Waals surface area contributed by atoms with Gasteiger partial charge < -0.3 is 4.90 Å². The van der Waals surface area contributed by atoms with Crippen molar-refractivity contribution in [2.45, 2.75) is 49.4 Å². The predicted octanol–water partition coefficient (Wildman–Crippen LogP) is 1.86. The molecular weight excluding hydrogens is 262 g/mol. The summed E-state index contributed by atoms with van der Waals surface area (Å²) in [6.45, 7) is 7.40. The van der Waals surface area contributed by atoms with Crippen LogP contribution in [0.5, 0.6) is 0 Å². The Hall–Kier alpha value is -1.36. The lowest BCUT2D eigenvalue weighted by atomic mass is 9.85. The first kappa shape index (κ1) is 14.1. The number of nitrogens with zero attached hydrogens (tertiary/aromatic N) is 1. The Labute approximate surface area is 114 Å². The van der Waals surface area contributed by atoms with Gasteiger partial charge in [0.1, 0.15) is 0 Å². The van der Waals surface area contributed by atoms with Crippen LogP contribution in [-0.4, -0.2) is 36.1 Å². The van der Waals surface area contributed by atoms with Crippen molar-refractivity contribution < 1.29 is 13.2 Å². The fraction of sp³-hybridized carbons (Fsp3) is 0.500. The molecule has 5 heteroatoms. The van der Waals surface area contributed by atoms with Gasteiger partial charge in [-0.15, -0.1) is 0 Å². The SMILES string of the molecule is CC(C)N1C(=O)C(S(=O)(=O)c2ccccc2)C1(C)C. The van der Waals surface area contributed by atoms with Crippen LogP contribution < -0.4 is 0 Å². The van der Waals surface area contributed by atoms with E-state index in [0.717, 1.165) is 0 Å². The molecule has 104 valence electrons. The van der Waals surface area contributed by atoms with E-state index in [0.29, 0.717) is 0 Å². The van der Waals surface area contributed by atoms with Crippen LogP contribution in [0, 0.1) is 0 Å². The summed E-state index contributed by atoms with van der Waals surface area (Å²) in [5.41, 5.74) is -0.667. The van der Waals surface area contributed by atoms with E-state index in [9.17, 15) is 13.2 Å². The fourth-order valence-electron chi connectivity index (χ4n) is 2.95. The zero-order valence-electron chi connectivity index (χ0n) is 11.6. The van der Waals surface area contributed by atoms with Crippen LogP contribution in [0.25, 0.3) is 0 Å². The number of hydrogen-bond donors (Lipinski definition) is 0. The number of amides is 1. The molecule has 0 radical (unpaired) electrons. The lowest BCUT2D eigenvalue weighted by Crippen LogP contribution is -2.75. The van der Waals surface area contributed by atoms with Crippen LogP contribution in [0.2, 0.25) is 0 Å². The van der Waals surface area contributed by atoms with Crippen molar-refractivity contribution in [3.8, 4) is 0 Å². The molecule has 4 nitrogen and oxygen atoms in total. The molecule has 0 bridgehead atoms. The van der Waals surface area contributed by atoms with Crippen molar-refractivity contribution in [1.29, 1.82) is 0 Å². The Bertz CT molecular complexity index is 590. The first-order chi connectivity index (χ1) is 8.70. The summed E-state index contributed by atoms with van der Waals surface area (Å²) in [6, 6.07) is 8.18. The highest BCUT2D eigenvalue weighted by atomic mass is 32.2. The van der Waals surface area contributed by atoms with Crippen LogP contribution >= 0.6 is 0 Å². The number of benzene rings is 1. The third-order valence-corrected chi connectivity index (χ3v) is 5.95. The molecular formula is C14H19NO3S. The zero-order chi connectivity index (χ0) is 14.4. The summed E-state index contributed by atoms with van der Waals surface area (Å²) in [4.78, 5) is 14.0. The molecule has 1 fully saturated rings. The normalized spacial score (nSPS) is 22.5. The van der Waals surface area contributed by atoms with Crippen molar-refractivity contribution in [3.05, 3.63) is 30.3 Å². The van der Waals surface area contributed by atoms with Gasteiger partial charge in [0.25, 0.3) is 0 Å². The molecule has 1 atom stereocenters. The highest BCUT2D eigenvalue weighted by Gasteiger charge is 2.61. The van der Waals surface area contributed by atoms with Crippen molar-refractivity contribution in [3.63, 3.8) is 0 Å². The van der Waals surface area contributed by atoms with E-state index >= 15 is 0 Å². The summed E-state index contributed by atoms with van der Waals surface area (Å²) in [5.74, 6) is -0.302. The highest BCUT2D eigenvalue weighted by Crippen LogP contribution is 2.40. The molecule has 1 aromatic rings. The Balaban J connectivity index is 2.42. The molecule has 0 spiro atoms. The molecule has 1 amide bonds. The second-order valence-corrected chi connectivity index (χ2v) is 7.73. The zero-order valence-corrected chi connectivity index (χ0v) is 12.4. The number of carbonyl (C=O) groups excluding carboxylic acids is 1. The molecule has 1 aliphatic rings. The lowest BCUT2D eigenvalue weighted by Gasteiger charge is -2.55. The average molecular weight is 281 g/mol. The third kappa shape index (κ3) is 1.96. The van der Waals surface area contributed by atoms with Gasteiger partial charge in [0.05, 0.1) is 10.4 Å². The molecule has 1 aliphatic heterocycles. The van der Waals surface area contributed by atoms with Crippen LogP contribution in [0.15, 0.2) is 35.2 Å². The summed E-state index contributed by atoms with van der Waals surface area (Å²) in [6.07, 6.45) is 0. The van der Waals surface area contributed by atoms with Gasteiger partial charge >= 0.3 is 0 Å². The van der Waals surface area contributed by atoms with Crippen LogP contribution in [-0.2, 0) is 14.6 Å². The van der Waals surface area contributed by atoms with Crippen molar-refractivity contribution >= 4 is 15.7 Å². The van der Waals surface area contributed by atoms with E-state index in [-0.39, 0.29) is 16.8 Å². The van der Waals surface area contributed by atoms with Gasteiger partial charge in [-0.05, 0) is 39.8 Å². The Morgan fingerprint density at radius 2 is 1.68 bits per heavy atom. The van der Waals surface area contributed by atoms with Crippen LogP contribution in [0.3, 0.4) is 0 Å². The maximum absolute atomic E-state index is 12.6. The highest BCUT2D eigenvalue weighted by molar-refractivity contribution is 7.93. The molecule has 0 aliphatic carbocycles. The van der Waals surface area contributed by atoms with Crippen LogP contribution in [0.4, 0.5) is 0 Å². The second kappa shape index (κ2) is 4.34. The Morgan fingerprint density at radius 3 is 2.11 bits per heavy atom. The summed E-state index contributed by atoms with van der Waals surface area (Å²) in [7, 11) is -3.62. The van der Waals surface area contributed by atoms with E-state index in [1.165, 1.54) is 12.1 Å². The number of β-lactam (4-membered cyclic amide) rings is 1. The molecule has 1 heterocycles. The monoisotopic (exact) mass is 281 g/mol. The number of carbonyl (C=O) groups is 1. The number of hydrogen-bond acceptors (Lipinski definition) is 3. The van der Waals surface area contributed by atoms with Gasteiger partial charge in [0.15, 0.2) is 15.1 Å². The molecule has 1 aromatic carbocycles. The van der Waals surface area contributed by atoms with E-state index in [1.807, 2.05) is 13.8 Å². The number of sulfone groups is 1. The molecule has 0 saturated carbocycles. The van der Waals surface area contributed by atoms with E-state index in [2.05, 4.69) is 0 Å². The minimum absolute atomic E-state index is 0.00437. The minimum Gasteiger partial charge on any atom is -0.332 e. The van der Waals surface area contributed by atoms with Gasteiger partial charge in [-0.25, -0.2) is 8.42 Å². The molecule has 19 heavy (non-hydrogen) atoms. The smallest absolute Gasteiger partial charge is 0.244 e. The molecule has 0 N–H and O–H groups in total. The van der Waals surface area contributed by atoms with Gasteiger partial charge in [0.2, 0.25) is 5.91 Å². The first-order valence-electron chi connectivity index (χ1n) is 6.33. The largest absolute Gasteiger partial charge is 0.332 e. The van der Waals surface area contributed by atoms with E-state index in [4.69, 9.17) is 0 Å². The summed E-state index contributed by atoms with van der Waals surface area (Å²) < 4.78 is 25.1. The minimum atomic E-state index is -3.62. The topological polar surface area (TPSA) is 54.5 Å². The first-order valence-corrected chi connectivity index (χ1v) is 7.87. The van der Waals surface area contributed by atoms with Crippen molar-refractivity contribution in [2.75, 3.05) is 0 Å². The summed E-state index contributed by atoms with van der Waals surface area (Å²) in [5, 5.41) is -0.982. The Kier molecular flexibility index (Phi) is 3.21. The Morgan fingerprint density at radius 1 is 1.16 bits per heavy atom.